The van der Waals surface area contributed by atoms with E-state index in [1.807, 2.05) is 12.1 Å². The van der Waals surface area contributed by atoms with Crippen LogP contribution in [0.2, 0.25) is 0 Å². The third-order valence-corrected chi connectivity index (χ3v) is 2.59. The highest BCUT2D eigenvalue weighted by atomic mass is 16.6. The van der Waals surface area contributed by atoms with Gasteiger partial charge in [0.1, 0.15) is 5.75 Å². The first kappa shape index (κ1) is 9.53. The second-order valence-electron chi connectivity index (χ2n) is 4.17. The van der Waals surface area contributed by atoms with E-state index in [0.717, 1.165) is 19.4 Å². The lowest BCUT2D eigenvalue weighted by molar-refractivity contribution is 0.361. The molecule has 1 N–H and O–H groups in total. The van der Waals surface area contributed by atoms with Crippen molar-refractivity contribution in [2.75, 3.05) is 6.61 Å². The van der Waals surface area contributed by atoms with Gasteiger partial charge in [0.15, 0.2) is 0 Å². The molecule has 0 aliphatic carbocycles. The Balaban J connectivity index is 1.85. The fourth-order valence-electron chi connectivity index (χ4n) is 1.77. The van der Waals surface area contributed by atoms with Crippen LogP contribution in [0.1, 0.15) is 18.9 Å². The largest absolute Gasteiger partial charge is 0.508 e. The van der Waals surface area contributed by atoms with Crippen LogP contribution in [0.25, 0.3) is 0 Å². The fraction of sp³-hybridized carbons (Fsp3) is 0.500. The molecule has 2 nitrogen and oxygen atoms in total. The molecule has 2 rings (SSSR count). The molecule has 0 radical (unpaired) electrons. The molecule has 1 aromatic rings. The summed E-state index contributed by atoms with van der Waals surface area (Å²) in [5.41, 5.74) is 1.29. The molecule has 0 amide bonds. The van der Waals surface area contributed by atoms with Crippen LogP contribution in [0.15, 0.2) is 24.3 Å². The minimum absolute atomic E-state index is 0.340. The zero-order chi connectivity index (χ0) is 9.97. The number of rotatable bonds is 4. The molecule has 1 aliphatic rings. The van der Waals surface area contributed by atoms with Gasteiger partial charge in [-0.2, -0.15) is 0 Å². The SMILES string of the molecule is CC(Cc1ccc(O)cc1)CC1CO1. The summed E-state index contributed by atoms with van der Waals surface area (Å²) >= 11 is 0. The molecule has 0 spiro atoms. The summed E-state index contributed by atoms with van der Waals surface area (Å²) in [6, 6.07) is 7.46. The first-order valence-electron chi connectivity index (χ1n) is 5.13. The molecular formula is C12H16O2. The lowest BCUT2D eigenvalue weighted by Gasteiger charge is -2.09. The van der Waals surface area contributed by atoms with Crippen LogP contribution < -0.4 is 0 Å². The summed E-state index contributed by atoms with van der Waals surface area (Å²) in [5, 5.41) is 9.13. The molecule has 2 heteroatoms. The van der Waals surface area contributed by atoms with E-state index in [-0.39, 0.29) is 0 Å². The van der Waals surface area contributed by atoms with Crippen molar-refractivity contribution in [1.82, 2.24) is 0 Å². The highest BCUT2D eigenvalue weighted by molar-refractivity contribution is 5.26. The Bertz CT molecular complexity index is 288. The van der Waals surface area contributed by atoms with Crippen LogP contribution in [0.5, 0.6) is 5.75 Å². The van der Waals surface area contributed by atoms with Crippen LogP contribution in [0, 0.1) is 5.92 Å². The van der Waals surface area contributed by atoms with Crippen molar-refractivity contribution in [2.45, 2.75) is 25.9 Å². The van der Waals surface area contributed by atoms with Gasteiger partial charge in [0, 0.05) is 0 Å². The molecule has 0 bridgehead atoms. The molecule has 1 saturated heterocycles. The molecule has 1 aromatic carbocycles. The van der Waals surface area contributed by atoms with Gasteiger partial charge >= 0.3 is 0 Å². The van der Waals surface area contributed by atoms with E-state index in [9.17, 15) is 0 Å². The number of hydrogen-bond donors (Lipinski definition) is 1. The van der Waals surface area contributed by atoms with Gasteiger partial charge in [-0.3, -0.25) is 0 Å². The predicted octanol–water partition coefficient (Wildman–Crippen LogP) is 2.36. The Morgan fingerprint density at radius 3 is 2.64 bits per heavy atom. The van der Waals surface area contributed by atoms with Crippen molar-refractivity contribution in [3.8, 4) is 5.75 Å². The number of aromatic hydroxyl groups is 1. The van der Waals surface area contributed by atoms with E-state index in [0.29, 0.717) is 17.8 Å². The second kappa shape index (κ2) is 4.01. The number of phenols is 1. The van der Waals surface area contributed by atoms with E-state index in [1.165, 1.54) is 5.56 Å². The molecule has 2 unspecified atom stereocenters. The maximum absolute atomic E-state index is 9.13. The van der Waals surface area contributed by atoms with Crippen LogP contribution in [-0.4, -0.2) is 17.8 Å². The highest BCUT2D eigenvalue weighted by Gasteiger charge is 2.24. The molecule has 1 aliphatic heterocycles. The van der Waals surface area contributed by atoms with Gasteiger partial charge in [0.2, 0.25) is 0 Å². The van der Waals surface area contributed by atoms with Crippen molar-refractivity contribution in [3.63, 3.8) is 0 Å². The van der Waals surface area contributed by atoms with Crippen molar-refractivity contribution in [1.29, 1.82) is 0 Å². The van der Waals surface area contributed by atoms with Crippen molar-refractivity contribution in [2.24, 2.45) is 5.92 Å². The number of epoxide rings is 1. The van der Waals surface area contributed by atoms with E-state index >= 15 is 0 Å². The zero-order valence-corrected chi connectivity index (χ0v) is 8.44. The molecule has 0 saturated carbocycles. The zero-order valence-electron chi connectivity index (χ0n) is 8.44. The average molecular weight is 192 g/mol. The number of ether oxygens (including phenoxy) is 1. The molecule has 76 valence electrons. The topological polar surface area (TPSA) is 32.8 Å². The summed E-state index contributed by atoms with van der Waals surface area (Å²) in [6.45, 7) is 3.19. The van der Waals surface area contributed by atoms with Gasteiger partial charge in [0.05, 0.1) is 12.7 Å². The maximum atomic E-state index is 9.13. The average Bonchev–Trinajstić information content (AvgIpc) is 2.93. The Morgan fingerprint density at radius 2 is 2.07 bits per heavy atom. The fourth-order valence-corrected chi connectivity index (χ4v) is 1.77. The van der Waals surface area contributed by atoms with E-state index in [1.54, 1.807) is 12.1 Å². The first-order chi connectivity index (χ1) is 6.74. The van der Waals surface area contributed by atoms with Crippen LogP contribution in [0.3, 0.4) is 0 Å². The summed E-state index contributed by atoms with van der Waals surface area (Å²) in [5.74, 6) is 0.999. The summed E-state index contributed by atoms with van der Waals surface area (Å²) in [4.78, 5) is 0. The van der Waals surface area contributed by atoms with Gasteiger partial charge in [-0.25, -0.2) is 0 Å². The molecule has 1 fully saturated rings. The predicted molar refractivity (Wildman–Crippen MR) is 55.3 cm³/mol. The van der Waals surface area contributed by atoms with Crippen molar-refractivity contribution in [3.05, 3.63) is 29.8 Å². The van der Waals surface area contributed by atoms with E-state index < -0.39 is 0 Å². The summed E-state index contributed by atoms with van der Waals surface area (Å²) in [6.07, 6.45) is 2.74. The molecular weight excluding hydrogens is 176 g/mol. The lowest BCUT2D eigenvalue weighted by atomic mass is 9.97. The Kier molecular flexibility index (Phi) is 2.73. The normalized spacial score (nSPS) is 21.9. The van der Waals surface area contributed by atoms with Crippen LogP contribution >= 0.6 is 0 Å². The Morgan fingerprint density at radius 1 is 1.43 bits per heavy atom. The lowest BCUT2D eigenvalue weighted by Crippen LogP contribution is -2.03. The monoisotopic (exact) mass is 192 g/mol. The van der Waals surface area contributed by atoms with Crippen molar-refractivity contribution < 1.29 is 9.84 Å². The van der Waals surface area contributed by atoms with Gasteiger partial charge < -0.3 is 9.84 Å². The van der Waals surface area contributed by atoms with Crippen molar-refractivity contribution >= 4 is 0 Å². The maximum Gasteiger partial charge on any atom is 0.115 e. The summed E-state index contributed by atoms with van der Waals surface area (Å²) < 4.78 is 5.20. The van der Waals surface area contributed by atoms with Gasteiger partial charge in [0.25, 0.3) is 0 Å². The first-order valence-corrected chi connectivity index (χ1v) is 5.13. The molecule has 1 heterocycles. The van der Waals surface area contributed by atoms with E-state index in [2.05, 4.69) is 6.92 Å². The minimum atomic E-state index is 0.340. The van der Waals surface area contributed by atoms with E-state index in [4.69, 9.17) is 9.84 Å². The smallest absolute Gasteiger partial charge is 0.115 e. The minimum Gasteiger partial charge on any atom is -0.508 e. The third-order valence-electron chi connectivity index (χ3n) is 2.59. The van der Waals surface area contributed by atoms with Gasteiger partial charge in [-0.1, -0.05) is 19.1 Å². The standard InChI is InChI=1S/C12H16O2/c1-9(7-12-8-14-12)6-10-2-4-11(13)5-3-10/h2-5,9,12-13H,6-8H2,1H3. The number of phenolic OH excluding ortho intramolecular Hbond substituents is 1. The quantitative estimate of drug-likeness (QED) is 0.743. The third kappa shape index (κ3) is 2.74. The molecule has 2 atom stereocenters. The van der Waals surface area contributed by atoms with Gasteiger partial charge in [-0.15, -0.1) is 0 Å². The molecule has 14 heavy (non-hydrogen) atoms. The summed E-state index contributed by atoms with van der Waals surface area (Å²) in [7, 11) is 0. The Hall–Kier alpha value is -1.02. The second-order valence-corrected chi connectivity index (χ2v) is 4.17. The Labute approximate surface area is 84.5 Å². The highest BCUT2D eigenvalue weighted by Crippen LogP contribution is 2.22. The molecule has 0 aromatic heterocycles. The van der Waals surface area contributed by atoms with Crippen LogP contribution in [-0.2, 0) is 11.2 Å². The van der Waals surface area contributed by atoms with Gasteiger partial charge in [-0.05, 0) is 36.5 Å². The number of benzene rings is 1. The van der Waals surface area contributed by atoms with Crippen LogP contribution in [0.4, 0.5) is 0 Å². The number of hydrogen-bond acceptors (Lipinski definition) is 2.